The molecule has 1 aromatic rings. The van der Waals surface area contributed by atoms with Gasteiger partial charge in [0.25, 0.3) is 0 Å². The van der Waals surface area contributed by atoms with Gasteiger partial charge in [-0.1, -0.05) is 0 Å². The normalized spacial score (nSPS) is 19.2. The molecule has 1 fully saturated rings. The van der Waals surface area contributed by atoms with E-state index in [4.69, 9.17) is 14.1 Å². The van der Waals surface area contributed by atoms with Gasteiger partial charge in [-0.2, -0.15) is 0 Å². The topological polar surface area (TPSA) is 82.3 Å². The third-order valence-electron chi connectivity index (χ3n) is 4.71. The minimum Gasteiger partial charge on any atom is -0.463 e. The fraction of sp³-hybridized carbons (Fsp3) is 0.737. The molecule has 0 aliphatic carbocycles. The van der Waals surface area contributed by atoms with Crippen molar-refractivity contribution in [1.82, 2.24) is 15.5 Å². The first-order valence-corrected chi connectivity index (χ1v) is 9.39. The first-order valence-electron chi connectivity index (χ1n) is 9.39. The lowest BCUT2D eigenvalue weighted by atomic mass is 10.0. The Hall–Kier alpha value is -1.57. The highest BCUT2D eigenvalue weighted by molar-refractivity contribution is 5.79. The van der Waals surface area contributed by atoms with E-state index in [0.717, 1.165) is 38.6 Å². The number of hydrogen-bond acceptors (Lipinski definition) is 5. The molecule has 0 radical (unpaired) electrons. The number of ether oxygens (including phenoxy) is 1. The molecular formula is C19H34N4O3. The van der Waals surface area contributed by atoms with Crippen LogP contribution in [0.5, 0.6) is 0 Å². The van der Waals surface area contributed by atoms with Crippen LogP contribution in [0.1, 0.15) is 39.2 Å². The summed E-state index contributed by atoms with van der Waals surface area (Å²) < 4.78 is 11.0. The Labute approximate surface area is 156 Å². The standard InChI is InChI=1S/C19H34N4O3/c1-6-20-17(21-13-18(3,4)23-9-11-25-12-10-23)22-14-19(5,24)16-8-7-15(2)26-16/h7-8,24H,6,9-14H2,1-5H3,(H2,20,21,22). The van der Waals surface area contributed by atoms with Crippen LogP contribution in [0.15, 0.2) is 21.5 Å². The van der Waals surface area contributed by atoms with E-state index in [1.807, 2.05) is 26.0 Å². The second-order valence-corrected chi connectivity index (χ2v) is 7.64. The van der Waals surface area contributed by atoms with Gasteiger partial charge in [0.05, 0.1) is 26.3 Å². The average Bonchev–Trinajstić information content (AvgIpc) is 3.06. The molecule has 7 heteroatoms. The number of aryl methyl sites for hydroxylation is 1. The predicted molar refractivity (Wildman–Crippen MR) is 103 cm³/mol. The summed E-state index contributed by atoms with van der Waals surface area (Å²) in [5.41, 5.74) is -1.16. The monoisotopic (exact) mass is 366 g/mol. The van der Waals surface area contributed by atoms with Crippen molar-refractivity contribution in [3.8, 4) is 0 Å². The Morgan fingerprint density at radius 3 is 2.50 bits per heavy atom. The van der Waals surface area contributed by atoms with Crippen molar-refractivity contribution in [1.29, 1.82) is 0 Å². The fourth-order valence-corrected chi connectivity index (χ4v) is 2.95. The zero-order valence-corrected chi connectivity index (χ0v) is 16.8. The van der Waals surface area contributed by atoms with E-state index in [9.17, 15) is 5.11 Å². The van der Waals surface area contributed by atoms with Gasteiger partial charge < -0.3 is 24.9 Å². The molecule has 0 amide bonds. The van der Waals surface area contributed by atoms with Crippen molar-refractivity contribution < 1.29 is 14.3 Å². The molecule has 3 N–H and O–H groups in total. The fourth-order valence-electron chi connectivity index (χ4n) is 2.95. The minimum atomic E-state index is -1.11. The van der Waals surface area contributed by atoms with Gasteiger partial charge >= 0.3 is 0 Å². The van der Waals surface area contributed by atoms with E-state index >= 15 is 0 Å². The van der Waals surface area contributed by atoms with Crippen LogP contribution in [-0.2, 0) is 10.3 Å². The number of morpholine rings is 1. The molecule has 1 aliphatic heterocycles. The van der Waals surface area contributed by atoms with Crippen LogP contribution in [0, 0.1) is 6.92 Å². The zero-order chi connectivity index (χ0) is 19.2. The molecule has 1 aliphatic rings. The summed E-state index contributed by atoms with van der Waals surface area (Å²) in [6.45, 7) is 15.2. The van der Waals surface area contributed by atoms with Gasteiger partial charge in [-0.25, -0.2) is 0 Å². The number of nitrogens with zero attached hydrogens (tertiary/aromatic N) is 2. The maximum Gasteiger partial charge on any atom is 0.191 e. The Bertz CT molecular complexity index is 589. The number of guanidine groups is 1. The molecule has 0 spiro atoms. The van der Waals surface area contributed by atoms with Crippen LogP contribution >= 0.6 is 0 Å². The summed E-state index contributed by atoms with van der Waals surface area (Å²) in [5, 5.41) is 17.2. The largest absolute Gasteiger partial charge is 0.463 e. The van der Waals surface area contributed by atoms with Crippen LogP contribution in [0.4, 0.5) is 0 Å². The second-order valence-electron chi connectivity index (χ2n) is 7.64. The lowest BCUT2D eigenvalue weighted by molar-refractivity contribution is -0.00686. The summed E-state index contributed by atoms with van der Waals surface area (Å²) in [5.74, 6) is 2.03. The summed E-state index contributed by atoms with van der Waals surface area (Å²) in [6.07, 6.45) is 0. The van der Waals surface area contributed by atoms with Gasteiger partial charge in [-0.05, 0) is 46.8 Å². The molecule has 0 bridgehead atoms. The van der Waals surface area contributed by atoms with Gasteiger partial charge in [-0.3, -0.25) is 9.89 Å². The van der Waals surface area contributed by atoms with Crippen LogP contribution in [-0.4, -0.2) is 67.4 Å². The highest BCUT2D eigenvalue weighted by Gasteiger charge is 2.29. The molecule has 26 heavy (non-hydrogen) atoms. The van der Waals surface area contributed by atoms with E-state index in [-0.39, 0.29) is 5.54 Å². The van der Waals surface area contributed by atoms with Crippen molar-refractivity contribution in [3.63, 3.8) is 0 Å². The first-order chi connectivity index (χ1) is 12.2. The zero-order valence-electron chi connectivity index (χ0n) is 16.8. The third kappa shape index (κ3) is 5.72. The van der Waals surface area contributed by atoms with Crippen LogP contribution in [0.25, 0.3) is 0 Å². The molecule has 148 valence electrons. The van der Waals surface area contributed by atoms with Crippen molar-refractivity contribution in [2.45, 2.75) is 45.8 Å². The molecule has 2 rings (SSSR count). The van der Waals surface area contributed by atoms with Crippen LogP contribution in [0.3, 0.4) is 0 Å². The maximum atomic E-state index is 10.7. The van der Waals surface area contributed by atoms with Crippen molar-refractivity contribution in [2.75, 3.05) is 45.9 Å². The number of aliphatic imine (C=N–C) groups is 1. The summed E-state index contributed by atoms with van der Waals surface area (Å²) >= 11 is 0. The van der Waals surface area contributed by atoms with Crippen LogP contribution in [0.2, 0.25) is 0 Å². The van der Waals surface area contributed by atoms with E-state index < -0.39 is 5.60 Å². The smallest absolute Gasteiger partial charge is 0.191 e. The number of aliphatic hydroxyl groups is 1. The maximum absolute atomic E-state index is 10.7. The van der Waals surface area contributed by atoms with Gasteiger partial charge in [0.2, 0.25) is 0 Å². The minimum absolute atomic E-state index is 0.0488. The molecular weight excluding hydrogens is 332 g/mol. The molecule has 1 aromatic heterocycles. The summed E-state index contributed by atoms with van der Waals surface area (Å²) in [7, 11) is 0. The average molecular weight is 367 g/mol. The third-order valence-corrected chi connectivity index (χ3v) is 4.71. The van der Waals surface area contributed by atoms with Crippen LogP contribution < -0.4 is 10.6 Å². The van der Waals surface area contributed by atoms with Gasteiger partial charge in [0.15, 0.2) is 5.96 Å². The highest BCUT2D eigenvalue weighted by atomic mass is 16.5. The number of hydrogen-bond donors (Lipinski definition) is 3. The highest BCUT2D eigenvalue weighted by Crippen LogP contribution is 2.22. The first kappa shape index (κ1) is 20.7. The molecule has 0 saturated carbocycles. The van der Waals surface area contributed by atoms with Crippen molar-refractivity contribution >= 4 is 5.96 Å². The van der Waals surface area contributed by atoms with Crippen molar-refractivity contribution in [2.24, 2.45) is 4.99 Å². The van der Waals surface area contributed by atoms with Gasteiger partial charge in [0, 0.05) is 25.2 Å². The Morgan fingerprint density at radius 2 is 1.92 bits per heavy atom. The Kier molecular flexibility index (Phi) is 7.08. The second kappa shape index (κ2) is 8.88. The predicted octanol–water partition coefficient (Wildman–Crippen LogP) is 1.46. The lowest BCUT2D eigenvalue weighted by Gasteiger charge is -2.40. The quantitative estimate of drug-likeness (QED) is 0.501. The summed E-state index contributed by atoms with van der Waals surface area (Å²) in [4.78, 5) is 7.14. The number of furan rings is 1. The van der Waals surface area contributed by atoms with Crippen molar-refractivity contribution in [3.05, 3.63) is 23.7 Å². The van der Waals surface area contributed by atoms with Gasteiger partial charge in [-0.15, -0.1) is 0 Å². The van der Waals surface area contributed by atoms with E-state index in [1.54, 1.807) is 6.92 Å². The molecule has 1 unspecified atom stereocenters. The lowest BCUT2D eigenvalue weighted by Crippen LogP contribution is -2.52. The molecule has 1 saturated heterocycles. The molecule has 2 heterocycles. The molecule has 0 aromatic carbocycles. The molecule has 7 nitrogen and oxygen atoms in total. The van der Waals surface area contributed by atoms with E-state index in [1.165, 1.54) is 0 Å². The number of nitrogens with one attached hydrogen (secondary N) is 2. The van der Waals surface area contributed by atoms with E-state index in [2.05, 4.69) is 29.4 Å². The van der Waals surface area contributed by atoms with E-state index in [0.29, 0.717) is 24.8 Å². The SMILES string of the molecule is CCNC(=NCC(C)(C)N1CCOCC1)NCC(C)(O)c1ccc(C)o1. The Morgan fingerprint density at radius 1 is 1.23 bits per heavy atom. The molecule has 1 atom stereocenters. The summed E-state index contributed by atoms with van der Waals surface area (Å²) in [6, 6.07) is 3.66. The Balaban J connectivity index is 1.97. The van der Waals surface area contributed by atoms with Gasteiger partial charge in [0.1, 0.15) is 17.1 Å². The number of rotatable bonds is 7.